The highest BCUT2D eigenvalue weighted by Gasteiger charge is 2.22. The average molecular weight is 1500 g/mol. The molecule has 0 saturated carbocycles. The van der Waals surface area contributed by atoms with Crippen LogP contribution in [0.15, 0.2) is 36.5 Å². The second kappa shape index (κ2) is 75.0. The van der Waals surface area contributed by atoms with Crippen molar-refractivity contribution in [2.24, 2.45) is 47.3 Å². The summed E-state index contributed by atoms with van der Waals surface area (Å²) in [6.45, 7) is 33.8. The monoisotopic (exact) mass is 1500 g/mol. The largest absolute Gasteiger partial charge is 0.462 e. The molecule has 0 amide bonds. The van der Waals surface area contributed by atoms with Crippen molar-refractivity contribution in [1.82, 2.24) is 14.7 Å². The van der Waals surface area contributed by atoms with Crippen molar-refractivity contribution in [2.75, 3.05) is 81.7 Å². The van der Waals surface area contributed by atoms with Crippen molar-refractivity contribution in [3.8, 4) is 0 Å². The number of carbonyl (C=O) groups is 6. The van der Waals surface area contributed by atoms with Gasteiger partial charge in [-0.25, -0.2) is 0 Å². The molecular formula is C91H173N3O12. The van der Waals surface area contributed by atoms with Gasteiger partial charge in [0.2, 0.25) is 0 Å². The molecule has 0 N–H and O–H groups in total. The van der Waals surface area contributed by atoms with E-state index in [9.17, 15) is 28.8 Å². The SMILES string of the molecule is C/C=C/COC(=O)CC(CCC(C)CCCC(C)CCCC(C)CCCC(C)C)OC(=O)CCCN(C)C.CCCCCCCC(C)CCCC(C)CCC(C/C=C/COC(C)=O)OC(=O)CCCN(C)C.CCCCCCCC(C)CCCC(C)CCC(C/C=C\COC(C)=O)OC(=O)CCCN(C)C. The lowest BCUT2D eigenvalue weighted by atomic mass is 9.90. The number of allylic oxidation sites excluding steroid dienone is 1. The first-order valence-corrected chi connectivity index (χ1v) is 43.4. The number of hydrogen-bond donors (Lipinski definition) is 0. The number of hydrogen-bond acceptors (Lipinski definition) is 15. The number of nitrogens with zero attached hydrogens (tertiary/aromatic N) is 3. The first-order chi connectivity index (χ1) is 50.5. The minimum Gasteiger partial charge on any atom is -0.462 e. The van der Waals surface area contributed by atoms with Gasteiger partial charge in [0.15, 0.2) is 0 Å². The minimum absolute atomic E-state index is 0.107. The summed E-state index contributed by atoms with van der Waals surface area (Å²) in [5.74, 6) is 4.64. The van der Waals surface area contributed by atoms with Crippen LogP contribution < -0.4 is 0 Å². The zero-order chi connectivity index (χ0) is 80.0. The number of rotatable bonds is 68. The van der Waals surface area contributed by atoms with E-state index >= 15 is 0 Å². The fourth-order valence-corrected chi connectivity index (χ4v) is 13.2. The fourth-order valence-electron chi connectivity index (χ4n) is 13.2. The normalized spacial score (nSPS) is 14.6. The van der Waals surface area contributed by atoms with Crippen molar-refractivity contribution >= 4 is 35.8 Å². The summed E-state index contributed by atoms with van der Waals surface area (Å²) in [5.41, 5.74) is 0. The van der Waals surface area contributed by atoms with Gasteiger partial charge in [-0.15, -0.1) is 0 Å². The molecule has 0 aliphatic carbocycles. The molecular weight excluding hydrogens is 1330 g/mol. The first-order valence-electron chi connectivity index (χ1n) is 43.4. The molecule has 10 atom stereocenters. The van der Waals surface area contributed by atoms with Gasteiger partial charge in [0.1, 0.15) is 38.1 Å². The lowest BCUT2D eigenvalue weighted by Crippen LogP contribution is -2.24. The third-order valence-corrected chi connectivity index (χ3v) is 20.3. The molecule has 0 aromatic rings. The smallest absolute Gasteiger partial charge is 0.309 e. The summed E-state index contributed by atoms with van der Waals surface area (Å²) in [6.07, 6.45) is 57.4. The molecule has 15 heteroatoms. The van der Waals surface area contributed by atoms with Gasteiger partial charge >= 0.3 is 35.8 Å². The molecule has 0 aromatic carbocycles. The molecule has 0 bridgehead atoms. The van der Waals surface area contributed by atoms with E-state index in [-0.39, 0.29) is 74.3 Å². The van der Waals surface area contributed by atoms with Crippen LogP contribution >= 0.6 is 0 Å². The number of ether oxygens (including phenoxy) is 6. The lowest BCUT2D eigenvalue weighted by Gasteiger charge is -2.20. The van der Waals surface area contributed by atoms with E-state index in [0.717, 1.165) is 101 Å². The fraction of sp³-hybridized carbons (Fsp3) is 0.868. The van der Waals surface area contributed by atoms with Crippen molar-refractivity contribution in [2.45, 2.75) is 385 Å². The second-order valence-electron chi connectivity index (χ2n) is 33.5. The Hall–Kier alpha value is -4.08. The van der Waals surface area contributed by atoms with Crippen LogP contribution in [0.1, 0.15) is 367 Å². The van der Waals surface area contributed by atoms with E-state index in [2.05, 4.69) is 90.9 Å². The van der Waals surface area contributed by atoms with Gasteiger partial charge < -0.3 is 43.1 Å². The van der Waals surface area contributed by atoms with Crippen molar-refractivity contribution in [3.63, 3.8) is 0 Å². The summed E-state index contributed by atoms with van der Waals surface area (Å²) < 4.78 is 32.5. The third-order valence-electron chi connectivity index (χ3n) is 20.3. The predicted molar refractivity (Wildman–Crippen MR) is 447 cm³/mol. The van der Waals surface area contributed by atoms with Crippen LogP contribution in [0, 0.1) is 47.3 Å². The Morgan fingerprint density at radius 3 is 0.887 bits per heavy atom. The molecule has 0 radical (unpaired) electrons. The molecule has 0 spiro atoms. The number of carbonyl (C=O) groups excluding carboxylic acids is 6. The highest BCUT2D eigenvalue weighted by Crippen LogP contribution is 2.27. The van der Waals surface area contributed by atoms with Gasteiger partial charge in [0.05, 0.1) is 6.42 Å². The van der Waals surface area contributed by atoms with E-state index in [1.54, 1.807) is 6.08 Å². The van der Waals surface area contributed by atoms with Gasteiger partial charge in [0.25, 0.3) is 0 Å². The molecule has 15 nitrogen and oxygen atoms in total. The minimum atomic E-state index is -0.399. The van der Waals surface area contributed by atoms with Crippen LogP contribution in [-0.4, -0.2) is 151 Å². The molecule has 10 unspecified atom stereocenters. The zero-order valence-corrected chi connectivity index (χ0v) is 73.0. The molecule has 0 aromatic heterocycles. The maximum absolute atomic E-state index is 12.4. The van der Waals surface area contributed by atoms with Gasteiger partial charge in [-0.3, -0.25) is 28.8 Å². The van der Waals surface area contributed by atoms with Crippen LogP contribution in [-0.2, 0) is 57.2 Å². The van der Waals surface area contributed by atoms with Crippen LogP contribution in [0.5, 0.6) is 0 Å². The zero-order valence-electron chi connectivity index (χ0n) is 73.0. The Balaban J connectivity index is -0.00000150. The van der Waals surface area contributed by atoms with E-state index in [4.69, 9.17) is 28.4 Å². The van der Waals surface area contributed by atoms with E-state index in [1.807, 2.05) is 79.6 Å². The molecule has 0 rings (SSSR count). The van der Waals surface area contributed by atoms with Crippen LogP contribution in [0.25, 0.3) is 0 Å². The summed E-state index contributed by atoms with van der Waals surface area (Å²) in [5, 5.41) is 0. The molecule has 0 saturated heterocycles. The number of esters is 6. The Bertz CT molecular complexity index is 2050. The average Bonchev–Trinajstić information content (AvgIpc) is 0.933. The molecule has 0 aliphatic heterocycles. The van der Waals surface area contributed by atoms with Crippen LogP contribution in [0.3, 0.4) is 0 Å². The predicted octanol–water partition coefficient (Wildman–Crippen LogP) is 23.3. The summed E-state index contributed by atoms with van der Waals surface area (Å²) >= 11 is 0. The van der Waals surface area contributed by atoms with Gasteiger partial charge in [-0.2, -0.15) is 0 Å². The Morgan fingerprint density at radius 2 is 0.585 bits per heavy atom. The van der Waals surface area contributed by atoms with Crippen molar-refractivity contribution < 1.29 is 57.2 Å². The molecule has 106 heavy (non-hydrogen) atoms. The summed E-state index contributed by atoms with van der Waals surface area (Å²) in [4.78, 5) is 77.3. The third kappa shape index (κ3) is 80.9. The molecule has 0 heterocycles. The number of unbranched alkanes of at least 4 members (excludes halogenated alkanes) is 8. The molecule has 0 aliphatic rings. The highest BCUT2D eigenvalue weighted by atomic mass is 16.6. The molecule has 624 valence electrons. The van der Waals surface area contributed by atoms with Gasteiger partial charge in [0, 0.05) is 46.0 Å². The van der Waals surface area contributed by atoms with E-state index in [1.165, 1.54) is 187 Å². The molecule has 0 fully saturated rings. The summed E-state index contributed by atoms with van der Waals surface area (Å²) in [7, 11) is 12.0. The van der Waals surface area contributed by atoms with Gasteiger partial charge in [-0.1, -0.05) is 286 Å². The maximum atomic E-state index is 12.4. The van der Waals surface area contributed by atoms with Crippen molar-refractivity contribution in [3.05, 3.63) is 36.5 Å². The van der Waals surface area contributed by atoms with Gasteiger partial charge in [-0.05, 0) is 174 Å². The standard InChI is InChI=1S/C33H63NO4.2C29H55NO4/c1-9-10-25-37-33(36)26-31(38-32(35)21-14-24-34(7)8)23-22-30(6)20-13-19-29(5)18-12-17-28(4)16-11-15-27(2)3;2*1-7-8-9-10-11-16-25(2)17-14-18-26(3)21-22-28(19-12-13-24-33-27(4)31)34-29(32)20-15-23-30(5)6/h9-10,27-31H,11-26H2,1-8H3;2*12-13,25-26,28H,7-11,14-24H2,1-6H3/b10-9+;13-12+;13-12-. The highest BCUT2D eigenvalue weighted by molar-refractivity contribution is 5.73. The first kappa shape index (κ1) is 106. The quantitative estimate of drug-likeness (QED) is 0.0244. The summed E-state index contributed by atoms with van der Waals surface area (Å²) in [6, 6.07) is 0. The van der Waals surface area contributed by atoms with Crippen molar-refractivity contribution in [1.29, 1.82) is 0 Å². The Labute approximate surface area is 654 Å². The second-order valence-corrected chi connectivity index (χ2v) is 33.5. The lowest BCUT2D eigenvalue weighted by molar-refractivity contribution is -0.155. The van der Waals surface area contributed by atoms with E-state index in [0.29, 0.717) is 56.3 Å². The topological polar surface area (TPSA) is 168 Å². The van der Waals surface area contributed by atoms with E-state index < -0.39 is 6.10 Å². The van der Waals surface area contributed by atoms with Crippen LogP contribution in [0.2, 0.25) is 0 Å². The Kier molecular flexibility index (Phi) is 75.0. The van der Waals surface area contributed by atoms with Crippen LogP contribution in [0.4, 0.5) is 0 Å². The Morgan fingerprint density at radius 1 is 0.302 bits per heavy atom. The maximum Gasteiger partial charge on any atom is 0.309 e.